The highest BCUT2D eigenvalue weighted by atomic mass is 14.7. The number of nitrogens with zero attached hydrogens (tertiary/aromatic N) is 1. The zero-order valence-corrected chi connectivity index (χ0v) is 6.96. The predicted octanol–water partition coefficient (Wildman–Crippen LogP) is 0.282. The SMILES string of the molecule is Cc1cc(C#CCN)ncc1N. The van der Waals surface area contributed by atoms with E-state index in [1.54, 1.807) is 6.20 Å². The number of pyridine rings is 1. The van der Waals surface area contributed by atoms with Gasteiger partial charge in [0.1, 0.15) is 5.69 Å². The smallest absolute Gasteiger partial charge is 0.113 e. The molecule has 1 rings (SSSR count). The number of nitrogens with two attached hydrogens (primary N) is 2. The van der Waals surface area contributed by atoms with E-state index < -0.39 is 0 Å². The molecule has 62 valence electrons. The lowest BCUT2D eigenvalue weighted by Gasteiger charge is -1.97. The van der Waals surface area contributed by atoms with E-state index in [0.717, 1.165) is 5.56 Å². The maximum atomic E-state index is 5.58. The summed E-state index contributed by atoms with van der Waals surface area (Å²) in [5, 5.41) is 0. The van der Waals surface area contributed by atoms with Crippen LogP contribution in [0.1, 0.15) is 11.3 Å². The maximum Gasteiger partial charge on any atom is 0.113 e. The Morgan fingerprint density at radius 2 is 2.33 bits per heavy atom. The van der Waals surface area contributed by atoms with Gasteiger partial charge in [0, 0.05) is 0 Å². The molecule has 0 atom stereocenters. The van der Waals surface area contributed by atoms with Crippen LogP contribution < -0.4 is 11.5 Å². The Balaban J connectivity index is 2.97. The summed E-state index contributed by atoms with van der Waals surface area (Å²) in [6, 6.07) is 1.85. The van der Waals surface area contributed by atoms with Gasteiger partial charge in [0.15, 0.2) is 0 Å². The molecular formula is C9H11N3. The summed E-state index contributed by atoms with van der Waals surface area (Å²) in [5.41, 5.74) is 13.2. The molecule has 1 heterocycles. The lowest BCUT2D eigenvalue weighted by Crippen LogP contribution is -1.95. The second-order valence-electron chi connectivity index (χ2n) is 2.43. The van der Waals surface area contributed by atoms with Crippen LogP contribution in [0.2, 0.25) is 0 Å². The van der Waals surface area contributed by atoms with Crippen molar-refractivity contribution in [1.82, 2.24) is 4.98 Å². The van der Waals surface area contributed by atoms with Crippen molar-refractivity contribution < 1.29 is 0 Å². The largest absolute Gasteiger partial charge is 0.397 e. The van der Waals surface area contributed by atoms with Crippen molar-refractivity contribution in [2.45, 2.75) is 6.92 Å². The third-order valence-electron chi connectivity index (χ3n) is 1.47. The van der Waals surface area contributed by atoms with Crippen LogP contribution in [0.3, 0.4) is 0 Å². The van der Waals surface area contributed by atoms with Gasteiger partial charge in [-0.05, 0) is 24.5 Å². The summed E-state index contributed by atoms with van der Waals surface area (Å²) in [6.45, 7) is 2.27. The van der Waals surface area contributed by atoms with E-state index in [-0.39, 0.29) is 0 Å². The molecule has 0 bridgehead atoms. The first kappa shape index (κ1) is 8.57. The molecule has 0 aliphatic rings. The fraction of sp³-hybridized carbons (Fsp3) is 0.222. The molecule has 0 unspecified atom stereocenters. The van der Waals surface area contributed by atoms with Gasteiger partial charge in [0.2, 0.25) is 0 Å². The van der Waals surface area contributed by atoms with Crippen LogP contribution in [0.5, 0.6) is 0 Å². The van der Waals surface area contributed by atoms with Crippen LogP contribution in [0.4, 0.5) is 5.69 Å². The van der Waals surface area contributed by atoms with E-state index >= 15 is 0 Å². The molecular weight excluding hydrogens is 150 g/mol. The maximum absolute atomic E-state index is 5.58. The minimum Gasteiger partial charge on any atom is -0.397 e. The van der Waals surface area contributed by atoms with Gasteiger partial charge in [-0.2, -0.15) is 0 Å². The molecule has 1 aromatic heterocycles. The van der Waals surface area contributed by atoms with Crippen LogP contribution >= 0.6 is 0 Å². The molecule has 4 N–H and O–H groups in total. The Hall–Kier alpha value is -1.53. The van der Waals surface area contributed by atoms with Crippen LogP contribution in [0.15, 0.2) is 12.3 Å². The first-order valence-corrected chi connectivity index (χ1v) is 3.65. The fourth-order valence-corrected chi connectivity index (χ4v) is 0.777. The molecule has 0 saturated heterocycles. The molecule has 0 radical (unpaired) electrons. The highest BCUT2D eigenvalue weighted by molar-refractivity contribution is 5.46. The predicted molar refractivity (Wildman–Crippen MR) is 49.3 cm³/mol. The summed E-state index contributed by atoms with van der Waals surface area (Å²) in [5.74, 6) is 5.56. The highest BCUT2D eigenvalue weighted by Crippen LogP contribution is 2.08. The van der Waals surface area contributed by atoms with Gasteiger partial charge >= 0.3 is 0 Å². The number of rotatable bonds is 0. The van der Waals surface area contributed by atoms with E-state index in [4.69, 9.17) is 11.5 Å². The Morgan fingerprint density at radius 1 is 1.58 bits per heavy atom. The van der Waals surface area contributed by atoms with Gasteiger partial charge in [-0.1, -0.05) is 5.92 Å². The van der Waals surface area contributed by atoms with Crippen molar-refractivity contribution in [1.29, 1.82) is 0 Å². The number of anilines is 1. The van der Waals surface area contributed by atoms with Crippen LogP contribution in [0, 0.1) is 18.8 Å². The van der Waals surface area contributed by atoms with Crippen molar-refractivity contribution >= 4 is 5.69 Å². The Morgan fingerprint density at radius 3 is 2.92 bits per heavy atom. The van der Waals surface area contributed by atoms with Crippen molar-refractivity contribution in [2.75, 3.05) is 12.3 Å². The van der Waals surface area contributed by atoms with Crippen molar-refractivity contribution in [3.8, 4) is 11.8 Å². The molecule has 1 aromatic rings. The second-order valence-corrected chi connectivity index (χ2v) is 2.43. The quantitative estimate of drug-likeness (QED) is 0.537. The minimum absolute atomic E-state index is 0.352. The van der Waals surface area contributed by atoms with E-state index in [0.29, 0.717) is 17.9 Å². The first-order chi connectivity index (χ1) is 5.74. The van der Waals surface area contributed by atoms with Crippen LogP contribution in [-0.2, 0) is 0 Å². The lowest BCUT2D eigenvalue weighted by atomic mass is 10.2. The van der Waals surface area contributed by atoms with Crippen LogP contribution in [-0.4, -0.2) is 11.5 Å². The molecule has 3 heteroatoms. The van der Waals surface area contributed by atoms with Gasteiger partial charge in [-0.3, -0.25) is 0 Å². The zero-order chi connectivity index (χ0) is 8.97. The number of hydrogen-bond acceptors (Lipinski definition) is 3. The van der Waals surface area contributed by atoms with E-state index in [1.807, 2.05) is 13.0 Å². The standard InChI is InChI=1S/C9H11N3/c1-7-5-8(3-2-4-10)12-6-9(7)11/h5-6H,4,10-11H2,1H3. The number of hydrogen-bond donors (Lipinski definition) is 2. The van der Waals surface area contributed by atoms with Gasteiger partial charge in [0.25, 0.3) is 0 Å². The lowest BCUT2D eigenvalue weighted by molar-refractivity contribution is 1.25. The second kappa shape index (κ2) is 3.74. The van der Waals surface area contributed by atoms with Crippen molar-refractivity contribution in [2.24, 2.45) is 5.73 Å². The summed E-state index contributed by atoms with van der Waals surface area (Å²) in [6.07, 6.45) is 1.61. The van der Waals surface area contributed by atoms with Gasteiger partial charge in [-0.25, -0.2) is 4.98 Å². The van der Waals surface area contributed by atoms with Crippen molar-refractivity contribution in [3.63, 3.8) is 0 Å². The monoisotopic (exact) mass is 161 g/mol. The summed E-state index contributed by atoms with van der Waals surface area (Å²) in [7, 11) is 0. The molecule has 0 saturated carbocycles. The van der Waals surface area contributed by atoms with Gasteiger partial charge in [-0.15, -0.1) is 0 Å². The number of nitrogen functional groups attached to an aromatic ring is 1. The molecule has 0 aliphatic heterocycles. The topological polar surface area (TPSA) is 64.9 Å². The van der Waals surface area contributed by atoms with E-state index in [9.17, 15) is 0 Å². The Bertz CT molecular complexity index is 333. The van der Waals surface area contributed by atoms with Crippen molar-refractivity contribution in [3.05, 3.63) is 23.5 Å². The first-order valence-electron chi connectivity index (χ1n) is 3.65. The molecule has 0 aromatic carbocycles. The average molecular weight is 161 g/mol. The van der Waals surface area contributed by atoms with E-state index in [1.165, 1.54) is 0 Å². The summed E-state index contributed by atoms with van der Waals surface area (Å²) < 4.78 is 0. The van der Waals surface area contributed by atoms with E-state index in [2.05, 4.69) is 16.8 Å². The molecule has 3 nitrogen and oxygen atoms in total. The Kier molecular flexibility index (Phi) is 2.67. The highest BCUT2D eigenvalue weighted by Gasteiger charge is 1.93. The molecule has 0 amide bonds. The summed E-state index contributed by atoms with van der Waals surface area (Å²) in [4.78, 5) is 4.02. The molecule has 0 aliphatic carbocycles. The van der Waals surface area contributed by atoms with Crippen LogP contribution in [0.25, 0.3) is 0 Å². The number of aryl methyl sites for hydroxylation is 1. The normalized spacial score (nSPS) is 8.83. The van der Waals surface area contributed by atoms with Gasteiger partial charge in [0.05, 0.1) is 18.4 Å². The average Bonchev–Trinajstić information content (AvgIpc) is 2.07. The minimum atomic E-state index is 0.352. The molecule has 0 fully saturated rings. The fourth-order valence-electron chi connectivity index (χ4n) is 0.777. The third-order valence-corrected chi connectivity index (χ3v) is 1.47. The Labute approximate surface area is 71.8 Å². The number of aromatic nitrogens is 1. The third kappa shape index (κ3) is 1.97. The zero-order valence-electron chi connectivity index (χ0n) is 6.96. The summed E-state index contributed by atoms with van der Waals surface area (Å²) >= 11 is 0. The van der Waals surface area contributed by atoms with Gasteiger partial charge < -0.3 is 11.5 Å². The molecule has 12 heavy (non-hydrogen) atoms. The molecule has 0 spiro atoms.